The summed E-state index contributed by atoms with van der Waals surface area (Å²) in [5, 5.41) is 3.56. The van der Waals surface area contributed by atoms with E-state index in [0.29, 0.717) is 5.56 Å². The summed E-state index contributed by atoms with van der Waals surface area (Å²) in [5.41, 5.74) is 2.47. The molecule has 4 nitrogen and oxygen atoms in total. The fourth-order valence-electron chi connectivity index (χ4n) is 2.49. The third kappa shape index (κ3) is 3.59. The summed E-state index contributed by atoms with van der Waals surface area (Å²) in [6.45, 7) is 3.03. The smallest absolute Gasteiger partial charge is 0.230 e. The van der Waals surface area contributed by atoms with Gasteiger partial charge in [-0.3, -0.25) is 4.79 Å². The average Bonchev–Trinajstić information content (AvgIpc) is 2.96. The van der Waals surface area contributed by atoms with Crippen LogP contribution < -0.4 is 5.32 Å². The Hall–Kier alpha value is -2.34. The lowest BCUT2D eigenvalue weighted by molar-refractivity contribution is -0.118. The summed E-state index contributed by atoms with van der Waals surface area (Å²) in [6, 6.07) is 14.3. The second-order valence-corrected chi connectivity index (χ2v) is 6.23. The van der Waals surface area contributed by atoms with Gasteiger partial charge in [0.05, 0.1) is 16.8 Å². The van der Waals surface area contributed by atoms with Crippen molar-refractivity contribution >= 4 is 28.7 Å². The van der Waals surface area contributed by atoms with Crippen molar-refractivity contribution < 1.29 is 9.18 Å². The molecule has 0 saturated heterocycles. The van der Waals surface area contributed by atoms with Crippen LogP contribution in [0.2, 0.25) is 0 Å². The molecule has 0 radical (unpaired) electrons. The van der Waals surface area contributed by atoms with Gasteiger partial charge in [-0.05, 0) is 25.1 Å². The summed E-state index contributed by atoms with van der Waals surface area (Å²) in [4.78, 5) is 16.6. The molecule has 0 saturated carbocycles. The van der Waals surface area contributed by atoms with Gasteiger partial charge in [-0.25, -0.2) is 9.37 Å². The number of carbonyl (C=O) groups excluding carboxylic acids is 1. The van der Waals surface area contributed by atoms with Gasteiger partial charge < -0.3 is 9.88 Å². The lowest BCUT2D eigenvalue weighted by Crippen LogP contribution is -2.25. The normalized spacial score (nSPS) is 10.9. The van der Waals surface area contributed by atoms with Crippen LogP contribution >= 0.6 is 11.8 Å². The van der Waals surface area contributed by atoms with Crippen LogP contribution in [0.1, 0.15) is 12.5 Å². The maximum Gasteiger partial charge on any atom is 0.230 e. The molecule has 124 valence electrons. The summed E-state index contributed by atoms with van der Waals surface area (Å²) in [6.07, 6.45) is 0. The summed E-state index contributed by atoms with van der Waals surface area (Å²) in [7, 11) is 0. The third-order valence-corrected chi connectivity index (χ3v) is 4.68. The molecule has 24 heavy (non-hydrogen) atoms. The van der Waals surface area contributed by atoms with Gasteiger partial charge in [0.15, 0.2) is 5.16 Å². The SMILES string of the molecule is CCn1c(SCC(=O)NCc2ccccc2F)nc2ccccc21. The molecule has 1 N–H and O–H groups in total. The first-order chi connectivity index (χ1) is 11.7. The molecular formula is C18H18FN3OS. The van der Waals surface area contributed by atoms with Gasteiger partial charge in [0.25, 0.3) is 0 Å². The minimum Gasteiger partial charge on any atom is -0.351 e. The molecule has 3 rings (SSSR count). The van der Waals surface area contributed by atoms with Crippen LogP contribution in [-0.2, 0) is 17.9 Å². The molecule has 6 heteroatoms. The number of aromatic nitrogens is 2. The van der Waals surface area contributed by atoms with Crippen molar-refractivity contribution in [2.24, 2.45) is 0 Å². The minimum atomic E-state index is -0.307. The first kappa shape index (κ1) is 16.5. The number of hydrogen-bond donors (Lipinski definition) is 1. The molecule has 0 fully saturated rings. The van der Waals surface area contributed by atoms with Crippen LogP contribution in [0.3, 0.4) is 0 Å². The quantitative estimate of drug-likeness (QED) is 0.696. The largest absolute Gasteiger partial charge is 0.351 e. The highest BCUT2D eigenvalue weighted by molar-refractivity contribution is 7.99. The van der Waals surface area contributed by atoms with Gasteiger partial charge in [-0.1, -0.05) is 42.1 Å². The molecule has 2 aromatic carbocycles. The van der Waals surface area contributed by atoms with Gasteiger partial charge in [0, 0.05) is 18.7 Å². The number of hydrogen-bond acceptors (Lipinski definition) is 3. The lowest BCUT2D eigenvalue weighted by Gasteiger charge is -2.07. The molecule has 1 aromatic heterocycles. The number of nitrogens with one attached hydrogen (secondary N) is 1. The predicted octanol–water partition coefficient (Wildman–Crippen LogP) is 3.60. The molecule has 0 unspecified atom stereocenters. The summed E-state index contributed by atoms with van der Waals surface area (Å²) >= 11 is 1.39. The van der Waals surface area contributed by atoms with E-state index in [1.54, 1.807) is 18.2 Å². The number of rotatable bonds is 6. The van der Waals surface area contributed by atoms with Crippen LogP contribution in [0.4, 0.5) is 4.39 Å². The molecular weight excluding hydrogens is 325 g/mol. The molecule has 3 aromatic rings. The van der Waals surface area contributed by atoms with E-state index in [0.717, 1.165) is 22.7 Å². The number of halogens is 1. The standard InChI is InChI=1S/C18H18FN3OS/c1-2-22-16-10-6-5-9-15(16)21-18(22)24-12-17(23)20-11-13-7-3-4-8-14(13)19/h3-10H,2,11-12H2,1H3,(H,20,23). The zero-order valence-electron chi connectivity index (χ0n) is 13.3. The van der Waals surface area contributed by atoms with Crippen molar-refractivity contribution in [2.75, 3.05) is 5.75 Å². The van der Waals surface area contributed by atoms with Gasteiger partial charge >= 0.3 is 0 Å². The van der Waals surface area contributed by atoms with Crippen molar-refractivity contribution in [3.05, 3.63) is 59.9 Å². The Balaban J connectivity index is 1.61. The van der Waals surface area contributed by atoms with Gasteiger partial charge in [-0.15, -0.1) is 0 Å². The molecule has 0 aliphatic carbocycles. The fraction of sp³-hybridized carbons (Fsp3) is 0.222. The third-order valence-electron chi connectivity index (χ3n) is 3.70. The number of fused-ring (bicyclic) bond motifs is 1. The Morgan fingerprint density at radius 1 is 1.21 bits per heavy atom. The highest BCUT2D eigenvalue weighted by Gasteiger charge is 2.12. The van der Waals surface area contributed by atoms with Crippen molar-refractivity contribution in [3.63, 3.8) is 0 Å². The van der Waals surface area contributed by atoms with Crippen molar-refractivity contribution in [3.8, 4) is 0 Å². The predicted molar refractivity (Wildman–Crippen MR) is 94.4 cm³/mol. The lowest BCUT2D eigenvalue weighted by atomic mass is 10.2. The Morgan fingerprint density at radius 2 is 1.96 bits per heavy atom. The zero-order chi connectivity index (χ0) is 16.9. The van der Waals surface area contributed by atoms with E-state index in [4.69, 9.17) is 0 Å². The molecule has 0 spiro atoms. The van der Waals surface area contributed by atoms with E-state index in [-0.39, 0.29) is 24.0 Å². The van der Waals surface area contributed by atoms with Crippen LogP contribution in [0.25, 0.3) is 11.0 Å². The summed E-state index contributed by atoms with van der Waals surface area (Å²) in [5.74, 6) is -0.200. The van der Waals surface area contributed by atoms with Crippen LogP contribution in [0.5, 0.6) is 0 Å². The highest BCUT2D eigenvalue weighted by atomic mass is 32.2. The number of aryl methyl sites for hydroxylation is 1. The Kier molecular flexibility index (Phi) is 5.15. The van der Waals surface area contributed by atoms with Crippen molar-refractivity contribution in [2.45, 2.75) is 25.2 Å². The maximum atomic E-state index is 13.5. The molecule has 0 aliphatic heterocycles. The number of thioether (sulfide) groups is 1. The van der Waals surface area contributed by atoms with E-state index in [1.165, 1.54) is 17.8 Å². The van der Waals surface area contributed by atoms with Crippen LogP contribution in [0.15, 0.2) is 53.7 Å². The monoisotopic (exact) mass is 343 g/mol. The van der Waals surface area contributed by atoms with E-state index in [1.807, 2.05) is 24.3 Å². The topological polar surface area (TPSA) is 46.9 Å². The van der Waals surface area contributed by atoms with Crippen molar-refractivity contribution in [1.82, 2.24) is 14.9 Å². The average molecular weight is 343 g/mol. The van der Waals surface area contributed by atoms with Gasteiger partial charge in [0.2, 0.25) is 5.91 Å². The van der Waals surface area contributed by atoms with E-state index in [2.05, 4.69) is 21.8 Å². The first-order valence-electron chi connectivity index (χ1n) is 7.77. The van der Waals surface area contributed by atoms with Crippen LogP contribution in [0, 0.1) is 5.82 Å². The number of imidazole rings is 1. The molecule has 0 aliphatic rings. The Morgan fingerprint density at radius 3 is 2.75 bits per heavy atom. The fourth-order valence-corrected chi connectivity index (χ4v) is 3.39. The first-order valence-corrected chi connectivity index (χ1v) is 8.75. The van der Waals surface area contributed by atoms with Crippen molar-refractivity contribution in [1.29, 1.82) is 0 Å². The van der Waals surface area contributed by atoms with E-state index in [9.17, 15) is 9.18 Å². The van der Waals surface area contributed by atoms with E-state index < -0.39 is 0 Å². The highest BCUT2D eigenvalue weighted by Crippen LogP contribution is 2.23. The number of nitrogens with zero attached hydrogens (tertiary/aromatic N) is 2. The number of benzene rings is 2. The zero-order valence-corrected chi connectivity index (χ0v) is 14.1. The summed E-state index contributed by atoms with van der Waals surface area (Å²) < 4.78 is 15.6. The number of carbonyl (C=O) groups is 1. The Labute approximate surface area is 144 Å². The van der Waals surface area contributed by atoms with Gasteiger partial charge in [0.1, 0.15) is 5.82 Å². The second-order valence-electron chi connectivity index (χ2n) is 5.28. The van der Waals surface area contributed by atoms with Gasteiger partial charge in [-0.2, -0.15) is 0 Å². The number of para-hydroxylation sites is 2. The number of amides is 1. The molecule has 0 atom stereocenters. The Bertz CT molecular complexity index is 862. The van der Waals surface area contributed by atoms with Crippen LogP contribution in [-0.4, -0.2) is 21.2 Å². The second kappa shape index (κ2) is 7.49. The molecule has 1 amide bonds. The molecule has 1 heterocycles. The van der Waals surface area contributed by atoms with E-state index >= 15 is 0 Å². The molecule has 0 bridgehead atoms. The minimum absolute atomic E-state index is 0.141. The maximum absolute atomic E-state index is 13.5.